The molecule has 0 N–H and O–H groups in total. The lowest BCUT2D eigenvalue weighted by Crippen LogP contribution is -1.84. The van der Waals surface area contributed by atoms with Crippen molar-refractivity contribution in [3.8, 4) is 0 Å². The van der Waals surface area contributed by atoms with Crippen LogP contribution < -0.4 is 0 Å². The SMILES string of the molecule is CC.CC(C)c1nc2c(F)cccc2s1.CC(C)c1nc2ccccc2s1. The summed E-state index contributed by atoms with van der Waals surface area (Å²) in [6.07, 6.45) is 0. The minimum absolute atomic E-state index is 0.222. The lowest BCUT2D eigenvalue weighted by molar-refractivity contribution is 0.636. The van der Waals surface area contributed by atoms with E-state index in [1.54, 1.807) is 28.7 Å². The number of nitrogens with zero attached hydrogens (tertiary/aromatic N) is 2. The van der Waals surface area contributed by atoms with Crippen molar-refractivity contribution in [1.29, 1.82) is 0 Å². The molecule has 2 nitrogen and oxygen atoms in total. The van der Waals surface area contributed by atoms with Gasteiger partial charge in [-0.3, -0.25) is 0 Å². The van der Waals surface area contributed by atoms with Gasteiger partial charge in [0.1, 0.15) is 11.3 Å². The number of thiazole rings is 2. The molecule has 0 aliphatic rings. The van der Waals surface area contributed by atoms with Crippen LogP contribution in [0.3, 0.4) is 0 Å². The van der Waals surface area contributed by atoms with Crippen molar-refractivity contribution in [3.63, 3.8) is 0 Å². The molecule has 0 aliphatic carbocycles. The lowest BCUT2D eigenvalue weighted by atomic mass is 10.2. The summed E-state index contributed by atoms with van der Waals surface area (Å²) in [7, 11) is 0. The fourth-order valence-electron chi connectivity index (χ4n) is 2.32. The number of hydrogen-bond acceptors (Lipinski definition) is 4. The Morgan fingerprint density at radius 1 is 0.741 bits per heavy atom. The number of halogens is 1. The summed E-state index contributed by atoms with van der Waals surface area (Å²) in [6, 6.07) is 13.4. The van der Waals surface area contributed by atoms with Crippen LogP contribution in [-0.2, 0) is 0 Å². The van der Waals surface area contributed by atoms with Crippen LogP contribution in [0.25, 0.3) is 20.4 Å². The zero-order valence-corrected chi connectivity index (χ0v) is 18.4. The first-order chi connectivity index (χ1) is 13.0. The predicted molar refractivity (Wildman–Crippen MR) is 119 cm³/mol. The van der Waals surface area contributed by atoms with E-state index in [9.17, 15) is 4.39 Å². The Kier molecular flexibility index (Phi) is 7.87. The van der Waals surface area contributed by atoms with E-state index < -0.39 is 0 Å². The highest BCUT2D eigenvalue weighted by atomic mass is 32.1. The van der Waals surface area contributed by atoms with Crippen LogP contribution >= 0.6 is 22.7 Å². The van der Waals surface area contributed by atoms with Crippen molar-refractivity contribution in [2.45, 2.75) is 53.4 Å². The predicted octanol–water partition coefficient (Wildman–Crippen LogP) is 8.00. The average molecular weight is 403 g/mol. The molecule has 0 fully saturated rings. The molecule has 27 heavy (non-hydrogen) atoms. The highest BCUT2D eigenvalue weighted by molar-refractivity contribution is 7.19. The van der Waals surface area contributed by atoms with Crippen LogP contribution in [-0.4, -0.2) is 9.97 Å². The summed E-state index contributed by atoms with van der Waals surface area (Å²) < 4.78 is 15.4. The van der Waals surface area contributed by atoms with E-state index in [4.69, 9.17) is 0 Å². The molecule has 4 aromatic rings. The van der Waals surface area contributed by atoms with E-state index in [1.165, 1.54) is 15.8 Å². The number of hydrogen-bond donors (Lipinski definition) is 0. The largest absolute Gasteiger partial charge is 0.241 e. The van der Waals surface area contributed by atoms with Crippen LogP contribution in [0.4, 0.5) is 4.39 Å². The second-order valence-electron chi connectivity index (χ2n) is 6.47. The minimum Gasteiger partial charge on any atom is -0.241 e. The molecule has 0 saturated heterocycles. The van der Waals surface area contributed by atoms with Gasteiger partial charge in [0.2, 0.25) is 0 Å². The first-order valence-electron chi connectivity index (χ1n) is 9.36. The van der Waals surface area contributed by atoms with Crippen molar-refractivity contribution in [2.24, 2.45) is 0 Å². The molecule has 0 aliphatic heterocycles. The minimum atomic E-state index is -0.222. The molecule has 0 saturated carbocycles. The van der Waals surface area contributed by atoms with Gasteiger partial charge in [0, 0.05) is 11.8 Å². The van der Waals surface area contributed by atoms with Gasteiger partial charge in [0.25, 0.3) is 0 Å². The maximum Gasteiger partial charge on any atom is 0.150 e. The third kappa shape index (κ3) is 5.33. The highest BCUT2D eigenvalue weighted by Crippen LogP contribution is 2.28. The van der Waals surface area contributed by atoms with Crippen molar-refractivity contribution in [2.75, 3.05) is 0 Å². The summed E-state index contributed by atoms with van der Waals surface area (Å²) in [5, 5.41) is 2.23. The number of rotatable bonds is 2. The number of fused-ring (bicyclic) bond motifs is 2. The summed E-state index contributed by atoms with van der Waals surface area (Å²) >= 11 is 3.36. The van der Waals surface area contributed by atoms with Crippen molar-refractivity contribution in [3.05, 3.63) is 58.3 Å². The molecule has 144 valence electrons. The van der Waals surface area contributed by atoms with Crippen LogP contribution in [0.5, 0.6) is 0 Å². The van der Waals surface area contributed by atoms with E-state index >= 15 is 0 Å². The summed E-state index contributed by atoms with van der Waals surface area (Å²) in [4.78, 5) is 8.79. The Bertz CT molecular complexity index is 953. The van der Waals surface area contributed by atoms with Gasteiger partial charge in [-0.2, -0.15) is 0 Å². The van der Waals surface area contributed by atoms with Gasteiger partial charge in [-0.05, 0) is 24.3 Å². The number of aromatic nitrogens is 2. The van der Waals surface area contributed by atoms with Gasteiger partial charge in [-0.25, -0.2) is 14.4 Å². The lowest BCUT2D eigenvalue weighted by Gasteiger charge is -1.94. The van der Waals surface area contributed by atoms with Crippen molar-refractivity contribution in [1.82, 2.24) is 9.97 Å². The van der Waals surface area contributed by atoms with E-state index in [1.807, 2.05) is 26.0 Å². The maximum absolute atomic E-state index is 13.2. The Labute approximate surface area is 169 Å². The molecule has 2 aromatic heterocycles. The van der Waals surface area contributed by atoms with Crippen molar-refractivity contribution < 1.29 is 4.39 Å². The number of para-hydroxylation sites is 2. The zero-order chi connectivity index (χ0) is 20.0. The first-order valence-corrected chi connectivity index (χ1v) is 11.0. The van der Waals surface area contributed by atoms with Gasteiger partial charge in [0.05, 0.1) is 24.9 Å². The van der Waals surface area contributed by atoms with Crippen LogP contribution in [0.1, 0.15) is 63.4 Å². The molecule has 4 rings (SSSR count). The van der Waals surface area contributed by atoms with Gasteiger partial charge >= 0.3 is 0 Å². The molecule has 0 radical (unpaired) electrons. The molecular weight excluding hydrogens is 375 g/mol. The number of benzene rings is 2. The molecule has 5 heteroatoms. The molecule has 0 atom stereocenters. The van der Waals surface area contributed by atoms with E-state index in [0.29, 0.717) is 17.4 Å². The Morgan fingerprint density at radius 2 is 1.30 bits per heavy atom. The molecule has 0 unspecified atom stereocenters. The fraction of sp³-hybridized carbons (Fsp3) is 0.364. The topological polar surface area (TPSA) is 25.8 Å². The Balaban J connectivity index is 0.000000178. The highest BCUT2D eigenvalue weighted by Gasteiger charge is 2.09. The standard InChI is InChI=1S/C10H10FNS.C10H11NS.C2H6/c1-6(2)10-12-9-7(11)4-3-5-8(9)13-10;1-7(2)10-11-8-5-3-4-6-9(8)12-10;1-2/h3-6H,1-2H3;3-7H,1-2H3;1-2H3. The monoisotopic (exact) mass is 402 g/mol. The van der Waals surface area contributed by atoms with Crippen molar-refractivity contribution >= 4 is 43.1 Å². The third-order valence-electron chi connectivity index (χ3n) is 3.68. The normalized spacial score (nSPS) is 10.7. The summed E-state index contributed by atoms with van der Waals surface area (Å²) in [5.74, 6) is 0.694. The Morgan fingerprint density at radius 3 is 1.89 bits per heavy atom. The van der Waals surface area contributed by atoms with Crippen LogP contribution in [0.2, 0.25) is 0 Å². The van der Waals surface area contributed by atoms with E-state index in [0.717, 1.165) is 15.2 Å². The molecule has 2 aromatic carbocycles. The summed E-state index contributed by atoms with van der Waals surface area (Å²) in [5.41, 5.74) is 1.64. The molecule has 2 heterocycles. The zero-order valence-electron chi connectivity index (χ0n) is 16.8. The van der Waals surface area contributed by atoms with Gasteiger partial charge < -0.3 is 0 Å². The first kappa shape index (κ1) is 21.5. The van der Waals surface area contributed by atoms with Crippen LogP contribution in [0.15, 0.2) is 42.5 Å². The molecule has 0 spiro atoms. The van der Waals surface area contributed by atoms with E-state index in [-0.39, 0.29) is 5.82 Å². The van der Waals surface area contributed by atoms with E-state index in [2.05, 4.69) is 55.9 Å². The summed E-state index contributed by atoms with van der Waals surface area (Å²) in [6.45, 7) is 12.5. The van der Waals surface area contributed by atoms with Gasteiger partial charge in [0.15, 0.2) is 0 Å². The third-order valence-corrected chi connectivity index (χ3v) is 6.34. The van der Waals surface area contributed by atoms with Crippen LogP contribution in [0, 0.1) is 5.82 Å². The fourth-order valence-corrected chi connectivity index (χ4v) is 4.27. The quantitative estimate of drug-likeness (QED) is 0.339. The molecule has 0 bridgehead atoms. The molecule has 0 amide bonds. The van der Waals surface area contributed by atoms with Gasteiger partial charge in [-0.1, -0.05) is 59.7 Å². The molecular formula is C22H27FN2S2. The Hall–Kier alpha value is -1.85. The second-order valence-corrected chi connectivity index (χ2v) is 8.59. The smallest absolute Gasteiger partial charge is 0.150 e. The average Bonchev–Trinajstić information content (AvgIpc) is 3.29. The second kappa shape index (κ2) is 9.90. The van der Waals surface area contributed by atoms with Gasteiger partial charge in [-0.15, -0.1) is 22.7 Å². The maximum atomic E-state index is 13.2.